The number of ether oxygens (including phenoxy) is 1. The van der Waals surface area contributed by atoms with E-state index in [0.29, 0.717) is 5.69 Å². The number of hydrogen-bond acceptors (Lipinski definition) is 4. The number of halogens is 2. The molecule has 0 bridgehead atoms. The molecule has 1 N–H and O–H groups in total. The number of amides is 1. The zero-order valence-electron chi connectivity index (χ0n) is 16.8. The van der Waals surface area contributed by atoms with Gasteiger partial charge in [0.2, 0.25) is 0 Å². The number of nitrogens with one attached hydrogen (secondary N) is 1. The van der Waals surface area contributed by atoms with Gasteiger partial charge < -0.3 is 10.1 Å². The summed E-state index contributed by atoms with van der Waals surface area (Å²) in [5.74, 6) is -3.26. The van der Waals surface area contributed by atoms with Crippen molar-refractivity contribution >= 4 is 27.3 Å². The van der Waals surface area contributed by atoms with E-state index in [2.05, 4.69) is 5.32 Å². The highest BCUT2D eigenvalue weighted by Crippen LogP contribution is 2.31. The zero-order chi connectivity index (χ0) is 22.6. The number of para-hydroxylation sites is 1. The van der Waals surface area contributed by atoms with Crippen LogP contribution in [0.15, 0.2) is 71.6 Å². The highest BCUT2D eigenvalue weighted by Gasteiger charge is 2.25. The largest absolute Gasteiger partial charge is 0.495 e. The molecule has 0 unspecified atom stereocenters. The van der Waals surface area contributed by atoms with Gasteiger partial charge in [0.1, 0.15) is 5.75 Å². The molecule has 0 saturated heterocycles. The summed E-state index contributed by atoms with van der Waals surface area (Å²) in [5, 5.41) is 2.40. The van der Waals surface area contributed by atoms with Crippen LogP contribution in [0.2, 0.25) is 0 Å². The standard InChI is InChI=1S/C22H20F2N2O4S/c1-3-26(15-8-5-4-6-9-15)31(28,29)16-12-13-20(30-2)19(14-16)25-22(27)17-10-7-11-18(23)21(17)24/h4-14H,3H2,1-2H3,(H,25,27). The maximum absolute atomic E-state index is 14.0. The van der Waals surface area contributed by atoms with E-state index in [1.807, 2.05) is 0 Å². The van der Waals surface area contributed by atoms with Crippen molar-refractivity contribution in [3.63, 3.8) is 0 Å². The van der Waals surface area contributed by atoms with Gasteiger partial charge in [0.05, 0.1) is 28.9 Å². The van der Waals surface area contributed by atoms with E-state index in [-0.39, 0.29) is 22.9 Å². The molecule has 0 heterocycles. The summed E-state index contributed by atoms with van der Waals surface area (Å²) in [7, 11) is -2.64. The van der Waals surface area contributed by atoms with Crippen LogP contribution in [0.1, 0.15) is 17.3 Å². The molecule has 31 heavy (non-hydrogen) atoms. The lowest BCUT2D eigenvalue weighted by Gasteiger charge is -2.23. The molecule has 0 saturated carbocycles. The van der Waals surface area contributed by atoms with Gasteiger partial charge in [-0.15, -0.1) is 0 Å². The van der Waals surface area contributed by atoms with Gasteiger partial charge in [0, 0.05) is 6.54 Å². The van der Waals surface area contributed by atoms with Crippen molar-refractivity contribution in [3.8, 4) is 5.75 Å². The molecule has 0 aliphatic rings. The molecule has 0 aliphatic carbocycles. The molecule has 9 heteroatoms. The number of carbonyl (C=O) groups is 1. The van der Waals surface area contributed by atoms with Gasteiger partial charge in [-0.25, -0.2) is 17.2 Å². The summed E-state index contributed by atoms with van der Waals surface area (Å²) in [6.07, 6.45) is 0. The Morgan fingerprint density at radius 3 is 2.39 bits per heavy atom. The van der Waals surface area contributed by atoms with Crippen molar-refractivity contribution in [1.29, 1.82) is 0 Å². The smallest absolute Gasteiger partial charge is 0.264 e. The van der Waals surface area contributed by atoms with Gasteiger partial charge in [-0.1, -0.05) is 24.3 Å². The number of benzene rings is 3. The normalized spacial score (nSPS) is 11.1. The highest BCUT2D eigenvalue weighted by atomic mass is 32.2. The number of anilines is 2. The fourth-order valence-electron chi connectivity index (χ4n) is 3.03. The van der Waals surface area contributed by atoms with Crippen LogP contribution >= 0.6 is 0 Å². The van der Waals surface area contributed by atoms with Gasteiger partial charge in [0.25, 0.3) is 15.9 Å². The van der Waals surface area contributed by atoms with E-state index in [9.17, 15) is 22.0 Å². The number of sulfonamides is 1. The molecule has 6 nitrogen and oxygen atoms in total. The topological polar surface area (TPSA) is 75.7 Å². The molecule has 1 amide bonds. The predicted octanol–water partition coefficient (Wildman–Crippen LogP) is 4.44. The van der Waals surface area contributed by atoms with Gasteiger partial charge in [0.15, 0.2) is 11.6 Å². The highest BCUT2D eigenvalue weighted by molar-refractivity contribution is 7.92. The summed E-state index contributed by atoms with van der Waals surface area (Å²) in [4.78, 5) is 12.4. The molecule has 0 fully saturated rings. The lowest BCUT2D eigenvalue weighted by molar-refractivity contribution is 0.102. The van der Waals surface area contributed by atoms with E-state index in [0.717, 1.165) is 12.1 Å². The minimum absolute atomic E-state index is 0.00125. The second-order valence-corrected chi connectivity index (χ2v) is 8.29. The van der Waals surface area contributed by atoms with Crippen LogP contribution in [0.25, 0.3) is 0 Å². The molecule has 0 aliphatic heterocycles. The second-order valence-electron chi connectivity index (χ2n) is 6.42. The van der Waals surface area contributed by atoms with Crippen molar-refractivity contribution in [2.45, 2.75) is 11.8 Å². The van der Waals surface area contributed by atoms with Gasteiger partial charge in [-0.2, -0.15) is 0 Å². The first-order chi connectivity index (χ1) is 14.8. The summed E-state index contributed by atoms with van der Waals surface area (Å²) in [6, 6.07) is 15.7. The molecule has 0 aromatic heterocycles. The minimum atomic E-state index is -3.97. The van der Waals surface area contributed by atoms with E-state index in [1.54, 1.807) is 37.3 Å². The Morgan fingerprint density at radius 1 is 1.03 bits per heavy atom. The first-order valence-corrected chi connectivity index (χ1v) is 10.7. The Balaban J connectivity index is 2.00. The number of hydrogen-bond donors (Lipinski definition) is 1. The summed E-state index contributed by atoms with van der Waals surface area (Å²) in [5.41, 5.74) is -0.0376. The van der Waals surface area contributed by atoms with E-state index in [1.165, 1.54) is 35.7 Å². The van der Waals surface area contributed by atoms with E-state index < -0.39 is 33.1 Å². The number of methoxy groups -OCH3 is 1. The molecule has 0 radical (unpaired) electrons. The monoisotopic (exact) mass is 446 g/mol. The molecule has 0 atom stereocenters. The Labute approximate surface area is 179 Å². The number of rotatable bonds is 7. The molecule has 3 aromatic rings. The van der Waals surface area contributed by atoms with E-state index in [4.69, 9.17) is 4.74 Å². The SMILES string of the molecule is CCN(c1ccccc1)S(=O)(=O)c1ccc(OC)c(NC(=O)c2cccc(F)c2F)c1. The second kappa shape index (κ2) is 9.13. The quantitative estimate of drug-likeness (QED) is 0.582. The Morgan fingerprint density at radius 2 is 1.74 bits per heavy atom. The third-order valence-electron chi connectivity index (χ3n) is 4.53. The van der Waals surface area contributed by atoms with Crippen LogP contribution in [0.3, 0.4) is 0 Å². The Kier molecular flexibility index (Phi) is 6.55. The Bertz CT molecular complexity index is 1200. The van der Waals surface area contributed by atoms with Crippen molar-refractivity contribution in [3.05, 3.63) is 83.9 Å². The molecule has 3 rings (SSSR count). The molecular formula is C22H20F2N2O4S. The maximum Gasteiger partial charge on any atom is 0.264 e. The predicted molar refractivity (Wildman–Crippen MR) is 114 cm³/mol. The lowest BCUT2D eigenvalue weighted by Crippen LogP contribution is -2.30. The third-order valence-corrected chi connectivity index (χ3v) is 6.43. The molecule has 162 valence electrons. The minimum Gasteiger partial charge on any atom is -0.495 e. The molecular weight excluding hydrogens is 426 g/mol. The van der Waals surface area contributed by atoms with Gasteiger partial charge in [-0.3, -0.25) is 9.10 Å². The summed E-state index contributed by atoms with van der Waals surface area (Å²) >= 11 is 0. The first kappa shape index (κ1) is 22.2. The Hall–Kier alpha value is -3.46. The summed E-state index contributed by atoms with van der Waals surface area (Å²) in [6.45, 7) is 1.87. The van der Waals surface area contributed by atoms with Crippen LogP contribution in [-0.4, -0.2) is 28.0 Å². The van der Waals surface area contributed by atoms with Gasteiger partial charge in [-0.05, 0) is 49.4 Å². The molecule has 0 spiro atoms. The van der Waals surface area contributed by atoms with Crippen molar-refractivity contribution < 1.29 is 26.7 Å². The first-order valence-electron chi connectivity index (χ1n) is 9.30. The lowest BCUT2D eigenvalue weighted by atomic mass is 10.2. The molecule has 3 aromatic carbocycles. The maximum atomic E-state index is 14.0. The number of carbonyl (C=O) groups excluding carboxylic acids is 1. The average Bonchev–Trinajstić information content (AvgIpc) is 2.76. The van der Waals surface area contributed by atoms with Crippen molar-refractivity contribution in [1.82, 2.24) is 0 Å². The summed E-state index contributed by atoms with van der Waals surface area (Å²) < 4.78 is 60.3. The van der Waals surface area contributed by atoms with Crippen LogP contribution in [-0.2, 0) is 10.0 Å². The van der Waals surface area contributed by atoms with Crippen molar-refractivity contribution in [2.75, 3.05) is 23.3 Å². The fraction of sp³-hybridized carbons (Fsp3) is 0.136. The third kappa shape index (κ3) is 4.51. The van der Waals surface area contributed by atoms with Crippen LogP contribution in [0, 0.1) is 11.6 Å². The fourth-order valence-corrected chi connectivity index (χ4v) is 4.53. The average molecular weight is 446 g/mol. The number of nitrogens with zero attached hydrogens (tertiary/aromatic N) is 1. The van der Waals surface area contributed by atoms with E-state index >= 15 is 0 Å². The van der Waals surface area contributed by atoms with Crippen LogP contribution < -0.4 is 14.4 Å². The van der Waals surface area contributed by atoms with Crippen molar-refractivity contribution in [2.24, 2.45) is 0 Å². The zero-order valence-corrected chi connectivity index (χ0v) is 17.6. The van der Waals surface area contributed by atoms with Crippen LogP contribution in [0.4, 0.5) is 20.2 Å². The van der Waals surface area contributed by atoms with Gasteiger partial charge >= 0.3 is 0 Å². The van der Waals surface area contributed by atoms with Crippen LogP contribution in [0.5, 0.6) is 5.75 Å².